The molecule has 4 aromatic carbocycles. The maximum absolute atomic E-state index is 15.2. The standard InChI is InChI=1S/C35H37F2N3O4S/c1-3-4-22-38-35(42)33(23-27-12-6-5-7-13-27)39(24-28-14-8-9-15-30(28)36)34(41)25-40(32-17-11-10-16-31(32)37)45(43,44)29-20-18-26(2)19-21-29/h5-21,33H,3-4,22-25H2,1-2H3,(H,38,42)/t33-/m0/s1. The van der Waals surface area contributed by atoms with E-state index in [0.29, 0.717) is 17.3 Å². The smallest absolute Gasteiger partial charge is 0.264 e. The average molecular weight is 634 g/mol. The summed E-state index contributed by atoms with van der Waals surface area (Å²) in [4.78, 5) is 29.1. The Bertz CT molecular complexity index is 1700. The topological polar surface area (TPSA) is 86.8 Å². The Balaban J connectivity index is 1.80. The number of hydrogen-bond donors (Lipinski definition) is 1. The second-order valence-electron chi connectivity index (χ2n) is 10.7. The van der Waals surface area contributed by atoms with Gasteiger partial charge < -0.3 is 10.2 Å². The molecule has 0 radical (unpaired) electrons. The van der Waals surface area contributed by atoms with Gasteiger partial charge in [0.15, 0.2) is 0 Å². The van der Waals surface area contributed by atoms with Crippen LogP contribution in [0.3, 0.4) is 0 Å². The Morgan fingerprint density at radius 2 is 1.44 bits per heavy atom. The number of sulfonamides is 1. The molecule has 1 N–H and O–H groups in total. The van der Waals surface area contributed by atoms with E-state index in [9.17, 15) is 22.4 Å². The van der Waals surface area contributed by atoms with Crippen LogP contribution < -0.4 is 9.62 Å². The molecule has 0 aliphatic rings. The maximum atomic E-state index is 15.2. The lowest BCUT2D eigenvalue weighted by Gasteiger charge is -2.34. The van der Waals surface area contributed by atoms with Crippen LogP contribution in [0.5, 0.6) is 0 Å². The molecule has 10 heteroatoms. The minimum absolute atomic E-state index is 0.0867. The van der Waals surface area contributed by atoms with E-state index in [0.717, 1.165) is 23.6 Å². The van der Waals surface area contributed by atoms with Gasteiger partial charge in [0.1, 0.15) is 24.2 Å². The Labute approximate surface area is 263 Å². The van der Waals surface area contributed by atoms with Crippen molar-refractivity contribution in [2.75, 3.05) is 17.4 Å². The zero-order valence-corrected chi connectivity index (χ0v) is 26.1. The van der Waals surface area contributed by atoms with Crippen molar-refractivity contribution in [2.24, 2.45) is 0 Å². The molecule has 2 amide bonds. The Kier molecular flexibility index (Phi) is 11.4. The van der Waals surface area contributed by atoms with E-state index in [2.05, 4.69) is 5.32 Å². The summed E-state index contributed by atoms with van der Waals surface area (Å²) >= 11 is 0. The maximum Gasteiger partial charge on any atom is 0.264 e. The van der Waals surface area contributed by atoms with Crippen molar-refractivity contribution in [2.45, 2.75) is 50.6 Å². The summed E-state index contributed by atoms with van der Waals surface area (Å²) in [5.74, 6) is -2.70. The van der Waals surface area contributed by atoms with Gasteiger partial charge in [0.25, 0.3) is 10.0 Å². The normalized spacial score (nSPS) is 11.9. The van der Waals surface area contributed by atoms with Crippen LogP contribution in [0.25, 0.3) is 0 Å². The molecule has 45 heavy (non-hydrogen) atoms. The average Bonchev–Trinajstić information content (AvgIpc) is 3.03. The molecule has 7 nitrogen and oxygen atoms in total. The number of halogens is 2. The summed E-state index contributed by atoms with van der Waals surface area (Å²) in [6.45, 7) is 2.99. The Hall–Kier alpha value is -4.57. The Morgan fingerprint density at radius 1 is 0.822 bits per heavy atom. The predicted molar refractivity (Wildman–Crippen MR) is 171 cm³/mol. The second kappa shape index (κ2) is 15.4. The number of aryl methyl sites for hydroxylation is 1. The van der Waals surface area contributed by atoms with E-state index in [1.165, 1.54) is 53.4 Å². The molecule has 0 aromatic heterocycles. The lowest BCUT2D eigenvalue weighted by Crippen LogP contribution is -2.53. The Morgan fingerprint density at radius 3 is 2.09 bits per heavy atom. The third kappa shape index (κ3) is 8.54. The van der Waals surface area contributed by atoms with Gasteiger partial charge in [0, 0.05) is 25.1 Å². The number of carbonyl (C=O) groups is 2. The van der Waals surface area contributed by atoms with Crippen LogP contribution in [0, 0.1) is 18.6 Å². The summed E-state index contributed by atoms with van der Waals surface area (Å²) in [7, 11) is -4.45. The SMILES string of the molecule is CCCCNC(=O)[C@H](Cc1ccccc1)N(Cc1ccccc1F)C(=O)CN(c1ccccc1F)S(=O)(=O)c1ccc(C)cc1. The van der Waals surface area contributed by atoms with Gasteiger partial charge in [-0.2, -0.15) is 0 Å². The van der Waals surface area contributed by atoms with Crippen molar-refractivity contribution in [3.63, 3.8) is 0 Å². The summed E-state index contributed by atoms with van der Waals surface area (Å²) in [6.07, 6.45) is 1.63. The zero-order chi connectivity index (χ0) is 32.4. The van der Waals surface area contributed by atoms with Gasteiger partial charge in [-0.25, -0.2) is 17.2 Å². The molecular weight excluding hydrogens is 596 g/mol. The number of carbonyl (C=O) groups excluding carboxylic acids is 2. The molecule has 4 rings (SSSR count). The number of rotatable bonds is 14. The third-order valence-electron chi connectivity index (χ3n) is 7.41. The van der Waals surface area contributed by atoms with Crippen molar-refractivity contribution in [1.82, 2.24) is 10.2 Å². The number of unbranched alkanes of at least 4 members (excludes halogenated alkanes) is 1. The van der Waals surface area contributed by atoms with Crippen molar-refractivity contribution >= 4 is 27.5 Å². The van der Waals surface area contributed by atoms with Gasteiger partial charge >= 0.3 is 0 Å². The number of amides is 2. The largest absolute Gasteiger partial charge is 0.354 e. The highest BCUT2D eigenvalue weighted by Crippen LogP contribution is 2.27. The summed E-state index contributed by atoms with van der Waals surface area (Å²) in [6, 6.07) is 25.1. The molecule has 0 heterocycles. The minimum Gasteiger partial charge on any atom is -0.354 e. The first-order valence-corrected chi connectivity index (χ1v) is 16.2. The number of benzene rings is 4. The van der Waals surface area contributed by atoms with E-state index in [1.54, 1.807) is 37.3 Å². The number of hydrogen-bond acceptors (Lipinski definition) is 4. The van der Waals surface area contributed by atoms with Crippen molar-refractivity contribution in [1.29, 1.82) is 0 Å². The fourth-order valence-electron chi connectivity index (χ4n) is 4.88. The molecular formula is C35H37F2N3O4S. The number of nitrogens with one attached hydrogen (secondary N) is 1. The highest BCUT2D eigenvalue weighted by molar-refractivity contribution is 7.92. The molecule has 1 atom stereocenters. The van der Waals surface area contributed by atoms with Gasteiger partial charge in [-0.3, -0.25) is 13.9 Å². The van der Waals surface area contributed by atoms with Gasteiger partial charge in [-0.1, -0.05) is 91.7 Å². The van der Waals surface area contributed by atoms with Crippen molar-refractivity contribution < 1.29 is 26.8 Å². The lowest BCUT2D eigenvalue weighted by molar-refractivity contribution is -0.140. The first-order valence-electron chi connectivity index (χ1n) is 14.8. The van der Waals surface area contributed by atoms with Crippen LogP contribution in [-0.4, -0.2) is 44.3 Å². The molecule has 0 saturated carbocycles. The van der Waals surface area contributed by atoms with E-state index in [1.807, 2.05) is 25.1 Å². The van der Waals surface area contributed by atoms with Crippen LogP contribution >= 0.6 is 0 Å². The van der Waals surface area contributed by atoms with Crippen molar-refractivity contribution in [3.8, 4) is 0 Å². The predicted octanol–water partition coefficient (Wildman–Crippen LogP) is 6.02. The van der Waals surface area contributed by atoms with Gasteiger partial charge in [0.05, 0.1) is 10.6 Å². The highest BCUT2D eigenvalue weighted by atomic mass is 32.2. The number of nitrogens with zero attached hydrogens (tertiary/aromatic N) is 2. The minimum atomic E-state index is -4.45. The first kappa shape index (κ1) is 33.3. The number of para-hydroxylation sites is 1. The van der Waals surface area contributed by atoms with Gasteiger partial charge in [-0.05, 0) is 49.2 Å². The lowest BCUT2D eigenvalue weighted by atomic mass is 10.0. The molecule has 0 spiro atoms. The molecule has 0 unspecified atom stereocenters. The summed E-state index contributed by atoms with van der Waals surface area (Å²) in [5, 5.41) is 2.88. The van der Waals surface area contributed by atoms with Crippen LogP contribution in [0.4, 0.5) is 14.5 Å². The van der Waals surface area contributed by atoms with E-state index < -0.39 is 46.1 Å². The third-order valence-corrected chi connectivity index (χ3v) is 9.18. The van der Waals surface area contributed by atoms with E-state index in [-0.39, 0.29) is 29.1 Å². The van der Waals surface area contributed by atoms with Crippen molar-refractivity contribution in [3.05, 3.63) is 131 Å². The quantitative estimate of drug-likeness (QED) is 0.172. The fraction of sp³-hybridized carbons (Fsp3) is 0.257. The fourth-order valence-corrected chi connectivity index (χ4v) is 6.30. The molecule has 0 fully saturated rings. The van der Waals surface area contributed by atoms with E-state index >= 15 is 4.39 Å². The van der Waals surface area contributed by atoms with Crippen LogP contribution in [0.15, 0.2) is 108 Å². The highest BCUT2D eigenvalue weighted by Gasteiger charge is 2.35. The monoisotopic (exact) mass is 633 g/mol. The van der Waals surface area contributed by atoms with Gasteiger partial charge in [0.2, 0.25) is 11.8 Å². The summed E-state index contributed by atoms with van der Waals surface area (Å²) in [5.41, 5.74) is 1.38. The second-order valence-corrected chi connectivity index (χ2v) is 12.6. The van der Waals surface area contributed by atoms with Gasteiger partial charge in [-0.15, -0.1) is 0 Å². The van der Waals surface area contributed by atoms with Crippen LogP contribution in [0.2, 0.25) is 0 Å². The van der Waals surface area contributed by atoms with Crippen LogP contribution in [0.1, 0.15) is 36.5 Å². The molecule has 0 aliphatic heterocycles. The summed E-state index contributed by atoms with van der Waals surface area (Å²) < 4.78 is 58.9. The van der Waals surface area contributed by atoms with E-state index in [4.69, 9.17) is 0 Å². The molecule has 4 aromatic rings. The molecule has 0 bridgehead atoms. The van der Waals surface area contributed by atoms with Crippen LogP contribution in [-0.2, 0) is 32.6 Å². The zero-order valence-electron chi connectivity index (χ0n) is 25.3. The first-order chi connectivity index (χ1) is 21.6. The molecule has 0 saturated heterocycles. The molecule has 236 valence electrons. The number of anilines is 1. The molecule has 0 aliphatic carbocycles.